The summed E-state index contributed by atoms with van der Waals surface area (Å²) in [5.74, 6) is 0. The van der Waals surface area contributed by atoms with Crippen LogP contribution < -0.4 is 0 Å². The Morgan fingerprint density at radius 3 is 1.00 bits per heavy atom. The maximum atomic E-state index is 6.26. The highest BCUT2D eigenvalue weighted by atomic mass is 16.8. The molecule has 7 heteroatoms. The summed E-state index contributed by atoms with van der Waals surface area (Å²) in [5.41, 5.74) is 0. The lowest BCUT2D eigenvalue weighted by atomic mass is 10.1. The molecule has 0 amide bonds. The van der Waals surface area contributed by atoms with Gasteiger partial charge in [0, 0.05) is 41.7 Å². The van der Waals surface area contributed by atoms with Gasteiger partial charge in [0.05, 0.1) is 0 Å². The summed E-state index contributed by atoms with van der Waals surface area (Å²) >= 11 is 0. The van der Waals surface area contributed by atoms with Crippen molar-refractivity contribution in [3.05, 3.63) is 24.3 Å². The van der Waals surface area contributed by atoms with Gasteiger partial charge in [0.15, 0.2) is 25.2 Å². The van der Waals surface area contributed by atoms with Crippen LogP contribution in [0.3, 0.4) is 0 Å². The molecule has 0 aliphatic heterocycles. The molecule has 0 aromatic carbocycles. The number of hydrogen-bond donors (Lipinski definition) is 0. The molecular weight excluding hydrogens is 592 g/mol. The highest BCUT2D eigenvalue weighted by Gasteiger charge is 2.13. The molecular formula is C40H78O7. The van der Waals surface area contributed by atoms with Crippen LogP contribution in [-0.4, -0.2) is 66.8 Å². The van der Waals surface area contributed by atoms with Crippen molar-refractivity contribution in [3.8, 4) is 0 Å². The Morgan fingerprint density at radius 1 is 0.404 bits per heavy atom. The van der Waals surface area contributed by atoms with E-state index >= 15 is 0 Å². The smallest absolute Gasteiger partial charge is 0.180 e. The normalized spacial score (nSPS) is 13.6. The molecule has 0 heterocycles. The Kier molecular flexibility index (Phi) is 37.4. The lowest BCUT2D eigenvalue weighted by Gasteiger charge is -2.21. The Bertz CT molecular complexity index is 594. The average Bonchev–Trinajstić information content (AvgIpc) is 3.09. The second-order valence-corrected chi connectivity index (χ2v) is 12.8. The van der Waals surface area contributed by atoms with Crippen LogP contribution in [0.25, 0.3) is 0 Å². The highest BCUT2D eigenvalue weighted by molar-refractivity contribution is 4.89. The summed E-state index contributed by atoms with van der Waals surface area (Å²) in [6.07, 6.45) is 37.0. The van der Waals surface area contributed by atoms with Crippen molar-refractivity contribution < 1.29 is 33.2 Å². The van der Waals surface area contributed by atoms with E-state index < -0.39 is 0 Å². The summed E-state index contributed by atoms with van der Waals surface area (Å²) in [6.45, 7) is 5.62. The number of rotatable bonds is 38. The molecule has 0 rings (SSSR count). The minimum absolute atomic E-state index is 0.0410. The molecule has 0 fully saturated rings. The fraction of sp³-hybridized carbons (Fsp3) is 0.900. The number of unbranched alkanes of at least 4 members (excludes halogenated alkanes) is 18. The molecule has 0 radical (unpaired) electrons. The van der Waals surface area contributed by atoms with Gasteiger partial charge in [0.1, 0.15) is 0 Å². The van der Waals surface area contributed by atoms with Crippen LogP contribution >= 0.6 is 0 Å². The Balaban J connectivity index is 4.12. The predicted molar refractivity (Wildman–Crippen MR) is 197 cm³/mol. The second-order valence-electron chi connectivity index (χ2n) is 12.8. The zero-order valence-electron chi connectivity index (χ0n) is 31.9. The fourth-order valence-corrected chi connectivity index (χ4v) is 5.58. The van der Waals surface area contributed by atoms with Gasteiger partial charge in [0.25, 0.3) is 0 Å². The van der Waals surface area contributed by atoms with Gasteiger partial charge in [-0.3, -0.25) is 0 Å². The first-order chi connectivity index (χ1) is 23.1. The molecule has 47 heavy (non-hydrogen) atoms. The second kappa shape index (κ2) is 38.0. The quantitative estimate of drug-likeness (QED) is 0.0368. The summed E-state index contributed by atoms with van der Waals surface area (Å²) < 4.78 is 39.3. The van der Waals surface area contributed by atoms with Gasteiger partial charge in [0.2, 0.25) is 0 Å². The monoisotopic (exact) mass is 671 g/mol. The van der Waals surface area contributed by atoms with Gasteiger partial charge in [-0.05, 0) is 76.4 Å². The van der Waals surface area contributed by atoms with E-state index in [-0.39, 0.29) is 25.2 Å². The van der Waals surface area contributed by atoms with Crippen molar-refractivity contribution >= 4 is 0 Å². The molecule has 0 saturated heterocycles. The van der Waals surface area contributed by atoms with E-state index in [4.69, 9.17) is 33.2 Å². The third-order valence-electron chi connectivity index (χ3n) is 8.50. The van der Waals surface area contributed by atoms with Gasteiger partial charge in [-0.1, -0.05) is 116 Å². The molecule has 0 N–H and O–H groups in total. The molecule has 0 aliphatic carbocycles. The molecule has 0 spiro atoms. The third kappa shape index (κ3) is 32.2. The van der Waals surface area contributed by atoms with Crippen molar-refractivity contribution in [2.24, 2.45) is 0 Å². The summed E-state index contributed by atoms with van der Waals surface area (Å²) in [7, 11) is 6.86. The van der Waals surface area contributed by atoms with Crippen molar-refractivity contribution in [3.63, 3.8) is 0 Å². The van der Waals surface area contributed by atoms with Gasteiger partial charge in [-0.15, -0.1) is 0 Å². The molecule has 0 saturated carbocycles. The lowest BCUT2D eigenvalue weighted by Crippen LogP contribution is -2.25. The molecule has 0 aromatic heterocycles. The van der Waals surface area contributed by atoms with Crippen LogP contribution in [0.5, 0.6) is 0 Å². The molecule has 0 aliphatic rings. The maximum Gasteiger partial charge on any atom is 0.180 e. The highest BCUT2D eigenvalue weighted by Crippen LogP contribution is 2.16. The van der Waals surface area contributed by atoms with E-state index in [9.17, 15) is 0 Å². The minimum Gasteiger partial charge on any atom is -0.356 e. The predicted octanol–water partition coefficient (Wildman–Crippen LogP) is 11.4. The standard InChI is InChI=1S/C40H78O7/c1-7-35-45-39(33-29-25-21-17-13-9-11-15-19-23-27-31-37(41-3)42-4)47-40(46-36-8-2)34-30-26-22-18-14-10-12-16-20-24-28-32-38(43-5)44-6/h29-30,33-34,37-40H,7-28,31-32,35-36H2,1-6H3. The molecule has 7 nitrogen and oxygen atoms in total. The maximum absolute atomic E-state index is 6.26. The summed E-state index contributed by atoms with van der Waals surface area (Å²) in [4.78, 5) is 0. The molecule has 2 atom stereocenters. The van der Waals surface area contributed by atoms with Crippen molar-refractivity contribution in [1.29, 1.82) is 0 Å². The van der Waals surface area contributed by atoms with Crippen molar-refractivity contribution in [2.75, 3.05) is 41.7 Å². The molecule has 0 aromatic rings. The average molecular weight is 671 g/mol. The van der Waals surface area contributed by atoms with Crippen LogP contribution in [-0.2, 0) is 33.2 Å². The number of allylic oxidation sites excluding steroid dienone is 2. The zero-order valence-corrected chi connectivity index (χ0v) is 31.9. The summed E-state index contributed by atoms with van der Waals surface area (Å²) in [6, 6.07) is 0. The van der Waals surface area contributed by atoms with Gasteiger partial charge >= 0.3 is 0 Å². The number of methoxy groups -OCH3 is 4. The van der Waals surface area contributed by atoms with Crippen LogP contribution in [0.2, 0.25) is 0 Å². The Labute approximate surface area is 291 Å². The molecule has 280 valence electrons. The van der Waals surface area contributed by atoms with Crippen LogP contribution in [0, 0.1) is 0 Å². The number of ether oxygens (including phenoxy) is 7. The zero-order chi connectivity index (χ0) is 34.5. The first-order valence-electron chi connectivity index (χ1n) is 19.5. The van der Waals surface area contributed by atoms with Crippen LogP contribution in [0.15, 0.2) is 24.3 Å². The van der Waals surface area contributed by atoms with Gasteiger partial charge < -0.3 is 33.2 Å². The van der Waals surface area contributed by atoms with Crippen molar-refractivity contribution in [2.45, 2.75) is 193 Å². The molecule has 2 unspecified atom stereocenters. The molecule has 0 bridgehead atoms. The van der Waals surface area contributed by atoms with Crippen LogP contribution in [0.4, 0.5) is 0 Å². The third-order valence-corrected chi connectivity index (χ3v) is 8.50. The van der Waals surface area contributed by atoms with E-state index in [2.05, 4.69) is 38.2 Å². The minimum atomic E-state index is -0.370. The lowest BCUT2D eigenvalue weighted by molar-refractivity contribution is -0.207. The van der Waals surface area contributed by atoms with E-state index in [1.165, 1.54) is 116 Å². The Morgan fingerprint density at radius 2 is 0.702 bits per heavy atom. The van der Waals surface area contributed by atoms with E-state index in [0.717, 1.165) is 38.5 Å². The first-order valence-corrected chi connectivity index (χ1v) is 19.5. The van der Waals surface area contributed by atoms with Crippen molar-refractivity contribution in [1.82, 2.24) is 0 Å². The summed E-state index contributed by atoms with van der Waals surface area (Å²) in [5, 5.41) is 0. The SMILES string of the molecule is CCCOC(C=CCCCCCCCCCCCC(OC)OC)OC(C=CCCCCCCCCCCCC(OC)OC)OCCC. The van der Waals surface area contributed by atoms with E-state index in [0.29, 0.717) is 13.2 Å². The first kappa shape index (κ1) is 46.2. The largest absolute Gasteiger partial charge is 0.356 e. The van der Waals surface area contributed by atoms with Crippen LogP contribution in [0.1, 0.15) is 168 Å². The van der Waals surface area contributed by atoms with Gasteiger partial charge in [-0.2, -0.15) is 0 Å². The van der Waals surface area contributed by atoms with Gasteiger partial charge in [-0.25, -0.2) is 0 Å². The number of hydrogen-bond acceptors (Lipinski definition) is 7. The van der Waals surface area contributed by atoms with E-state index in [1.807, 2.05) is 0 Å². The fourth-order valence-electron chi connectivity index (χ4n) is 5.58. The van der Waals surface area contributed by atoms with E-state index in [1.54, 1.807) is 28.4 Å². The topological polar surface area (TPSA) is 64.6 Å². The Hall–Kier alpha value is -0.800.